The maximum atomic E-state index is 11.9. The van der Waals surface area contributed by atoms with Crippen molar-refractivity contribution in [3.05, 3.63) is 0 Å². The van der Waals surface area contributed by atoms with Crippen LogP contribution in [0.15, 0.2) is 0 Å². The molecule has 1 fully saturated rings. The molecule has 1 atom stereocenters. The molecular formula is C11H20BrNO. The van der Waals surface area contributed by atoms with Gasteiger partial charge < -0.3 is 4.90 Å². The second-order valence-corrected chi connectivity index (χ2v) is 4.99. The van der Waals surface area contributed by atoms with Crippen molar-refractivity contribution in [3.63, 3.8) is 0 Å². The van der Waals surface area contributed by atoms with Crippen LogP contribution >= 0.6 is 15.9 Å². The van der Waals surface area contributed by atoms with Gasteiger partial charge in [-0.15, -0.1) is 0 Å². The molecule has 1 unspecified atom stereocenters. The summed E-state index contributed by atoms with van der Waals surface area (Å²) in [6.07, 6.45) is 4.86. The molecule has 14 heavy (non-hydrogen) atoms. The van der Waals surface area contributed by atoms with Crippen molar-refractivity contribution < 1.29 is 4.79 Å². The van der Waals surface area contributed by atoms with Crippen molar-refractivity contribution in [2.75, 3.05) is 11.9 Å². The first kappa shape index (κ1) is 12.0. The molecule has 0 aliphatic carbocycles. The lowest BCUT2D eigenvalue weighted by molar-refractivity contribution is -0.136. The Morgan fingerprint density at radius 2 is 2.14 bits per heavy atom. The molecule has 0 spiro atoms. The molecule has 2 nitrogen and oxygen atoms in total. The van der Waals surface area contributed by atoms with E-state index in [1.807, 2.05) is 13.8 Å². The van der Waals surface area contributed by atoms with Gasteiger partial charge in [-0.05, 0) is 12.8 Å². The molecule has 0 bridgehead atoms. The standard InChI is InChI=1S/C11H20BrNO/c1-9(2)11(14)13-7-5-3-4-6-10(13)8-12/h9-10H,3-8H2,1-2H3. The van der Waals surface area contributed by atoms with E-state index in [2.05, 4.69) is 20.8 Å². The van der Waals surface area contributed by atoms with Gasteiger partial charge in [-0.1, -0.05) is 42.6 Å². The monoisotopic (exact) mass is 261 g/mol. The van der Waals surface area contributed by atoms with Crippen LogP contribution in [-0.4, -0.2) is 28.7 Å². The van der Waals surface area contributed by atoms with E-state index in [-0.39, 0.29) is 5.92 Å². The van der Waals surface area contributed by atoms with Crippen molar-refractivity contribution in [1.82, 2.24) is 4.90 Å². The van der Waals surface area contributed by atoms with Crippen LogP contribution in [-0.2, 0) is 4.79 Å². The fraction of sp³-hybridized carbons (Fsp3) is 0.909. The third-order valence-electron chi connectivity index (χ3n) is 2.83. The Kier molecular flexibility index (Phi) is 4.93. The predicted octanol–water partition coefficient (Wildman–Crippen LogP) is 2.81. The summed E-state index contributed by atoms with van der Waals surface area (Å²) in [7, 11) is 0. The fourth-order valence-corrected chi connectivity index (χ4v) is 2.63. The van der Waals surface area contributed by atoms with E-state index in [9.17, 15) is 4.79 Å². The van der Waals surface area contributed by atoms with E-state index in [0.29, 0.717) is 11.9 Å². The first-order valence-corrected chi connectivity index (χ1v) is 6.65. The average molecular weight is 262 g/mol. The lowest BCUT2D eigenvalue weighted by Crippen LogP contribution is -2.43. The van der Waals surface area contributed by atoms with E-state index in [1.165, 1.54) is 19.3 Å². The van der Waals surface area contributed by atoms with E-state index in [4.69, 9.17) is 0 Å². The smallest absolute Gasteiger partial charge is 0.225 e. The van der Waals surface area contributed by atoms with Gasteiger partial charge in [0.1, 0.15) is 0 Å². The maximum Gasteiger partial charge on any atom is 0.225 e. The van der Waals surface area contributed by atoms with Gasteiger partial charge in [-0.2, -0.15) is 0 Å². The number of alkyl halides is 1. The molecule has 1 saturated heterocycles. The van der Waals surface area contributed by atoms with Gasteiger partial charge in [0, 0.05) is 23.8 Å². The van der Waals surface area contributed by atoms with Crippen LogP contribution in [0.25, 0.3) is 0 Å². The molecule has 1 heterocycles. The third-order valence-corrected chi connectivity index (χ3v) is 3.58. The Bertz CT molecular complexity index is 194. The number of hydrogen-bond donors (Lipinski definition) is 0. The molecule has 0 radical (unpaired) electrons. The second-order valence-electron chi connectivity index (χ2n) is 4.34. The number of nitrogens with zero attached hydrogens (tertiary/aromatic N) is 1. The molecule has 1 aliphatic rings. The minimum atomic E-state index is 0.134. The van der Waals surface area contributed by atoms with E-state index >= 15 is 0 Å². The molecular weight excluding hydrogens is 242 g/mol. The SMILES string of the molecule is CC(C)C(=O)N1CCCCCC1CBr. The van der Waals surface area contributed by atoms with Gasteiger partial charge in [-0.3, -0.25) is 4.79 Å². The van der Waals surface area contributed by atoms with Crippen molar-refractivity contribution in [2.24, 2.45) is 5.92 Å². The second kappa shape index (κ2) is 5.74. The zero-order valence-corrected chi connectivity index (χ0v) is 10.7. The Balaban J connectivity index is 2.65. The van der Waals surface area contributed by atoms with Gasteiger partial charge in [0.2, 0.25) is 5.91 Å². The van der Waals surface area contributed by atoms with E-state index < -0.39 is 0 Å². The zero-order chi connectivity index (χ0) is 10.6. The highest BCUT2D eigenvalue weighted by molar-refractivity contribution is 9.09. The van der Waals surface area contributed by atoms with Crippen molar-refractivity contribution in [3.8, 4) is 0 Å². The molecule has 0 saturated carbocycles. The highest BCUT2D eigenvalue weighted by atomic mass is 79.9. The van der Waals surface area contributed by atoms with Gasteiger partial charge in [0.25, 0.3) is 0 Å². The van der Waals surface area contributed by atoms with Crippen molar-refractivity contribution in [2.45, 2.75) is 45.6 Å². The highest BCUT2D eigenvalue weighted by Gasteiger charge is 2.25. The van der Waals surface area contributed by atoms with Crippen molar-refractivity contribution in [1.29, 1.82) is 0 Å². The van der Waals surface area contributed by atoms with Crippen LogP contribution in [0.3, 0.4) is 0 Å². The fourth-order valence-electron chi connectivity index (χ4n) is 1.96. The summed E-state index contributed by atoms with van der Waals surface area (Å²) in [4.78, 5) is 14.0. The number of rotatable bonds is 2. The molecule has 0 aromatic rings. The number of carbonyl (C=O) groups excluding carboxylic acids is 1. The maximum absolute atomic E-state index is 11.9. The van der Waals surface area contributed by atoms with Gasteiger partial charge in [0.15, 0.2) is 0 Å². The van der Waals surface area contributed by atoms with Crippen molar-refractivity contribution >= 4 is 21.8 Å². The van der Waals surface area contributed by atoms with E-state index in [0.717, 1.165) is 18.3 Å². The van der Waals surface area contributed by atoms with Crippen LogP contribution in [0.2, 0.25) is 0 Å². The first-order valence-electron chi connectivity index (χ1n) is 5.53. The molecule has 1 aliphatic heterocycles. The summed E-state index contributed by atoms with van der Waals surface area (Å²) in [5, 5.41) is 0.922. The lowest BCUT2D eigenvalue weighted by atomic mass is 10.1. The average Bonchev–Trinajstić information content (AvgIpc) is 2.40. The van der Waals surface area contributed by atoms with Gasteiger partial charge in [-0.25, -0.2) is 0 Å². The summed E-state index contributed by atoms with van der Waals surface area (Å²) < 4.78 is 0. The molecule has 3 heteroatoms. The molecule has 0 aromatic carbocycles. The quantitative estimate of drug-likeness (QED) is 0.701. The summed E-state index contributed by atoms with van der Waals surface area (Å²) in [5.41, 5.74) is 0. The molecule has 0 N–H and O–H groups in total. The molecule has 0 aromatic heterocycles. The highest BCUT2D eigenvalue weighted by Crippen LogP contribution is 2.20. The van der Waals surface area contributed by atoms with Crippen LogP contribution in [0.5, 0.6) is 0 Å². The number of likely N-dealkylation sites (tertiary alicyclic amines) is 1. The predicted molar refractivity (Wildman–Crippen MR) is 62.6 cm³/mol. The van der Waals surface area contributed by atoms with Crippen LogP contribution in [0, 0.1) is 5.92 Å². The van der Waals surface area contributed by atoms with Gasteiger partial charge >= 0.3 is 0 Å². The molecule has 1 amide bonds. The number of halogens is 1. The topological polar surface area (TPSA) is 20.3 Å². The Morgan fingerprint density at radius 1 is 1.43 bits per heavy atom. The summed E-state index contributed by atoms with van der Waals surface area (Å²) >= 11 is 3.51. The minimum Gasteiger partial charge on any atom is -0.339 e. The zero-order valence-electron chi connectivity index (χ0n) is 9.13. The first-order chi connectivity index (χ1) is 6.66. The number of carbonyl (C=O) groups is 1. The molecule has 1 rings (SSSR count). The number of hydrogen-bond acceptors (Lipinski definition) is 1. The Morgan fingerprint density at radius 3 is 2.71 bits per heavy atom. The normalized spacial score (nSPS) is 23.7. The van der Waals surface area contributed by atoms with Crippen LogP contribution < -0.4 is 0 Å². The summed E-state index contributed by atoms with van der Waals surface area (Å²) in [6, 6.07) is 0.424. The van der Waals surface area contributed by atoms with Gasteiger partial charge in [0.05, 0.1) is 0 Å². The Hall–Kier alpha value is -0.0500. The molecule has 82 valence electrons. The Labute approximate surface area is 95.2 Å². The lowest BCUT2D eigenvalue weighted by Gasteiger charge is -2.30. The van der Waals surface area contributed by atoms with Crippen LogP contribution in [0.1, 0.15) is 39.5 Å². The minimum absolute atomic E-state index is 0.134. The number of amides is 1. The summed E-state index contributed by atoms with van der Waals surface area (Å²) in [5.74, 6) is 0.450. The third kappa shape index (κ3) is 2.97. The van der Waals surface area contributed by atoms with Crippen LogP contribution in [0.4, 0.5) is 0 Å². The largest absolute Gasteiger partial charge is 0.339 e. The van der Waals surface area contributed by atoms with E-state index in [1.54, 1.807) is 0 Å². The summed E-state index contributed by atoms with van der Waals surface area (Å²) in [6.45, 7) is 4.92.